The molecule has 0 spiro atoms. The second-order valence-corrected chi connectivity index (χ2v) is 9.68. The van der Waals surface area contributed by atoms with Gasteiger partial charge in [0.25, 0.3) is 5.91 Å². The first kappa shape index (κ1) is 35.9. The van der Waals surface area contributed by atoms with Crippen molar-refractivity contribution in [1.82, 2.24) is 10.6 Å². The Bertz CT molecular complexity index is 1100. The van der Waals surface area contributed by atoms with E-state index in [0.717, 1.165) is 38.5 Å². The third-order valence-corrected chi connectivity index (χ3v) is 6.13. The van der Waals surface area contributed by atoms with Crippen molar-refractivity contribution >= 4 is 17.8 Å². The molecule has 0 aromatic heterocycles. The van der Waals surface area contributed by atoms with E-state index < -0.39 is 17.9 Å². The van der Waals surface area contributed by atoms with Crippen LogP contribution in [0.1, 0.15) is 87.9 Å². The van der Waals surface area contributed by atoms with E-state index in [0.29, 0.717) is 32.2 Å². The van der Waals surface area contributed by atoms with Crippen LogP contribution in [-0.4, -0.2) is 40.6 Å². The lowest BCUT2D eigenvalue weighted by Crippen LogP contribution is -2.40. The van der Waals surface area contributed by atoms with Crippen LogP contribution in [0.3, 0.4) is 0 Å². The van der Waals surface area contributed by atoms with Crippen LogP contribution in [-0.2, 0) is 9.59 Å². The Morgan fingerprint density at radius 3 is 1.81 bits per heavy atom. The minimum absolute atomic E-state index is 0.0305. The van der Waals surface area contributed by atoms with Gasteiger partial charge in [-0.1, -0.05) is 92.0 Å². The van der Waals surface area contributed by atoms with Crippen LogP contribution in [0.15, 0.2) is 97.2 Å². The van der Waals surface area contributed by atoms with Gasteiger partial charge in [0.15, 0.2) is 0 Å². The topological polar surface area (TPSA) is 116 Å². The van der Waals surface area contributed by atoms with Crippen LogP contribution in [0, 0.1) is 0 Å². The average Bonchev–Trinajstić information content (AvgIpc) is 2.97. The molecule has 0 radical (unpaired) electrons. The number of benzene rings is 1. The quantitative estimate of drug-likeness (QED) is 0.0851. The molecule has 1 rings (SSSR count). The molecule has 0 bridgehead atoms. The Kier molecular flexibility index (Phi) is 21.1. The van der Waals surface area contributed by atoms with Gasteiger partial charge in [-0.3, -0.25) is 9.59 Å². The Hall–Kier alpha value is -4.13. The first-order valence-corrected chi connectivity index (χ1v) is 14.9. The Balaban J connectivity index is 2.07. The SMILES string of the molecule is CCC=CCC=CCC=CCC=CCC=CCC=CCCC(=O)NCCCC[C@H](NC(=O)c1ccccc1O)C(=O)O. The number of rotatable bonds is 22. The summed E-state index contributed by atoms with van der Waals surface area (Å²) in [5, 5.41) is 24.5. The highest BCUT2D eigenvalue weighted by molar-refractivity contribution is 5.98. The number of carboxylic acids is 1. The number of nitrogens with one attached hydrogen (secondary N) is 2. The van der Waals surface area contributed by atoms with Crippen LogP contribution in [0.25, 0.3) is 0 Å². The number of phenols is 1. The molecule has 0 fully saturated rings. The summed E-state index contributed by atoms with van der Waals surface area (Å²) in [7, 11) is 0. The highest BCUT2D eigenvalue weighted by atomic mass is 16.4. The molecule has 7 heteroatoms. The maximum absolute atomic E-state index is 12.3. The number of unbranched alkanes of at least 4 members (excludes halogenated alkanes) is 1. The number of carbonyl (C=O) groups is 3. The van der Waals surface area contributed by atoms with Gasteiger partial charge in [0, 0.05) is 13.0 Å². The first-order valence-electron chi connectivity index (χ1n) is 14.9. The fourth-order valence-electron chi connectivity index (χ4n) is 3.80. The Morgan fingerprint density at radius 2 is 1.29 bits per heavy atom. The molecule has 228 valence electrons. The van der Waals surface area contributed by atoms with E-state index in [2.05, 4.69) is 84.4 Å². The molecule has 0 saturated carbocycles. The van der Waals surface area contributed by atoms with E-state index in [-0.39, 0.29) is 23.6 Å². The largest absolute Gasteiger partial charge is 0.507 e. The van der Waals surface area contributed by atoms with Crippen molar-refractivity contribution in [2.45, 2.75) is 83.6 Å². The summed E-state index contributed by atoms with van der Waals surface area (Å²) in [5.74, 6) is -2.02. The van der Waals surface area contributed by atoms with Crippen LogP contribution in [0.2, 0.25) is 0 Å². The molecule has 2 amide bonds. The van der Waals surface area contributed by atoms with Crippen LogP contribution in [0.4, 0.5) is 0 Å². The summed E-state index contributed by atoms with van der Waals surface area (Å²) in [6, 6.07) is 4.91. The second-order valence-electron chi connectivity index (χ2n) is 9.68. The zero-order valence-corrected chi connectivity index (χ0v) is 24.9. The van der Waals surface area contributed by atoms with E-state index in [1.165, 1.54) is 12.1 Å². The van der Waals surface area contributed by atoms with E-state index >= 15 is 0 Å². The number of aromatic hydroxyl groups is 1. The predicted molar refractivity (Wildman–Crippen MR) is 171 cm³/mol. The van der Waals surface area contributed by atoms with Gasteiger partial charge in [-0.2, -0.15) is 0 Å². The zero-order chi connectivity index (χ0) is 30.7. The molecule has 4 N–H and O–H groups in total. The number of hydrogen-bond donors (Lipinski definition) is 4. The van der Waals surface area contributed by atoms with Gasteiger partial charge in [-0.15, -0.1) is 0 Å². The Labute approximate surface area is 251 Å². The number of para-hydroxylation sites is 1. The van der Waals surface area contributed by atoms with E-state index in [1.807, 2.05) is 6.08 Å². The molecular weight excluding hydrogens is 528 g/mol. The molecule has 0 aliphatic heterocycles. The van der Waals surface area contributed by atoms with Gasteiger partial charge in [0.1, 0.15) is 11.8 Å². The summed E-state index contributed by atoms with van der Waals surface area (Å²) in [5.41, 5.74) is 0.0305. The number of hydrogen-bond acceptors (Lipinski definition) is 4. The summed E-state index contributed by atoms with van der Waals surface area (Å²) < 4.78 is 0. The number of amides is 2. The Morgan fingerprint density at radius 1 is 0.762 bits per heavy atom. The molecular formula is C35H48N2O5. The van der Waals surface area contributed by atoms with Crippen molar-refractivity contribution in [2.24, 2.45) is 0 Å². The van der Waals surface area contributed by atoms with Crippen molar-refractivity contribution in [1.29, 1.82) is 0 Å². The van der Waals surface area contributed by atoms with Crippen LogP contribution < -0.4 is 10.6 Å². The number of phenolic OH excluding ortho intramolecular Hbond substituents is 1. The lowest BCUT2D eigenvalue weighted by atomic mass is 10.1. The van der Waals surface area contributed by atoms with Crippen molar-refractivity contribution in [2.75, 3.05) is 6.54 Å². The van der Waals surface area contributed by atoms with E-state index in [4.69, 9.17) is 0 Å². The summed E-state index contributed by atoms with van der Waals surface area (Å²) in [6.07, 6.45) is 33.9. The van der Waals surface area contributed by atoms with Gasteiger partial charge >= 0.3 is 5.97 Å². The summed E-state index contributed by atoms with van der Waals surface area (Å²) in [4.78, 5) is 35.8. The smallest absolute Gasteiger partial charge is 0.326 e. The minimum Gasteiger partial charge on any atom is -0.507 e. The maximum Gasteiger partial charge on any atom is 0.326 e. The van der Waals surface area contributed by atoms with Crippen molar-refractivity contribution in [3.8, 4) is 5.75 Å². The normalized spacial score (nSPS) is 12.9. The van der Waals surface area contributed by atoms with Gasteiger partial charge in [0.05, 0.1) is 5.56 Å². The molecule has 0 aliphatic rings. The molecule has 0 saturated heterocycles. The summed E-state index contributed by atoms with van der Waals surface area (Å²) in [6.45, 7) is 2.59. The van der Waals surface area contributed by atoms with Crippen LogP contribution in [0.5, 0.6) is 5.75 Å². The number of carboxylic acid groups (broad SMARTS) is 1. The third kappa shape index (κ3) is 19.0. The monoisotopic (exact) mass is 576 g/mol. The van der Waals surface area contributed by atoms with Gasteiger partial charge in [-0.05, 0) is 76.3 Å². The molecule has 0 heterocycles. The molecule has 0 unspecified atom stereocenters. The van der Waals surface area contributed by atoms with Crippen LogP contribution >= 0.6 is 0 Å². The van der Waals surface area contributed by atoms with Gasteiger partial charge in [-0.25, -0.2) is 4.79 Å². The number of allylic oxidation sites excluding steroid dienone is 12. The standard InChI is InChI=1S/C35H48N2O5/c1-2-3-4-5-6-7-8-9-10-11-12-13-14-15-16-17-18-19-20-28-33(39)36-29-24-23-26-31(35(41)42)37-34(40)30-25-21-22-27-32(30)38/h3-4,6-7,9-10,12-13,15-16,18-19,21-22,25,27,31,38H,2,5,8,11,14,17,20,23-24,26,28-29H2,1H3,(H,36,39)(H,37,40)(H,41,42)/t31-/m0/s1. The van der Waals surface area contributed by atoms with Crippen molar-refractivity contribution in [3.63, 3.8) is 0 Å². The lowest BCUT2D eigenvalue weighted by molar-refractivity contribution is -0.139. The zero-order valence-electron chi connectivity index (χ0n) is 24.9. The molecule has 42 heavy (non-hydrogen) atoms. The molecule has 7 nitrogen and oxygen atoms in total. The fraction of sp³-hybridized carbons (Fsp3) is 0.400. The fourth-order valence-corrected chi connectivity index (χ4v) is 3.80. The summed E-state index contributed by atoms with van der Waals surface area (Å²) >= 11 is 0. The molecule has 1 aromatic carbocycles. The van der Waals surface area contributed by atoms with Gasteiger partial charge in [0.2, 0.25) is 5.91 Å². The van der Waals surface area contributed by atoms with E-state index in [9.17, 15) is 24.6 Å². The highest BCUT2D eigenvalue weighted by Crippen LogP contribution is 2.16. The third-order valence-electron chi connectivity index (χ3n) is 6.13. The number of carbonyl (C=O) groups excluding carboxylic acids is 2. The molecule has 1 aromatic rings. The highest BCUT2D eigenvalue weighted by Gasteiger charge is 2.21. The lowest BCUT2D eigenvalue weighted by Gasteiger charge is -2.15. The molecule has 1 atom stereocenters. The van der Waals surface area contributed by atoms with Gasteiger partial charge < -0.3 is 20.8 Å². The second kappa shape index (κ2) is 24.6. The van der Waals surface area contributed by atoms with Crippen molar-refractivity contribution in [3.05, 3.63) is 103 Å². The first-order chi connectivity index (χ1) is 20.5. The number of aliphatic carboxylic acids is 1. The molecule has 0 aliphatic carbocycles. The van der Waals surface area contributed by atoms with Crippen molar-refractivity contribution < 1.29 is 24.6 Å². The average molecular weight is 577 g/mol. The maximum atomic E-state index is 12.3. The van der Waals surface area contributed by atoms with E-state index in [1.54, 1.807) is 12.1 Å². The minimum atomic E-state index is -1.14. The predicted octanol–water partition coefficient (Wildman–Crippen LogP) is 7.34.